The molecule has 0 aromatic heterocycles. The van der Waals surface area contributed by atoms with Gasteiger partial charge in [-0.2, -0.15) is 13.2 Å². The van der Waals surface area contributed by atoms with Gasteiger partial charge in [0.15, 0.2) is 0 Å². The van der Waals surface area contributed by atoms with E-state index in [1.54, 1.807) is 0 Å². The van der Waals surface area contributed by atoms with E-state index in [0.29, 0.717) is 0 Å². The lowest BCUT2D eigenvalue weighted by Gasteiger charge is -2.07. The van der Waals surface area contributed by atoms with E-state index in [-0.39, 0.29) is 6.42 Å². The van der Waals surface area contributed by atoms with E-state index in [4.69, 9.17) is 5.11 Å². The molecule has 0 aliphatic carbocycles. The lowest BCUT2D eigenvalue weighted by Crippen LogP contribution is -2.12. The van der Waals surface area contributed by atoms with E-state index < -0.39 is 18.7 Å². The SMILES string of the molecule is C=CC(O)CCC(F)(F)F. The van der Waals surface area contributed by atoms with Gasteiger partial charge in [-0.1, -0.05) is 6.08 Å². The molecule has 0 heterocycles. The second-order valence-electron chi connectivity index (χ2n) is 1.96. The van der Waals surface area contributed by atoms with E-state index in [9.17, 15) is 13.2 Å². The molecule has 0 aromatic carbocycles. The van der Waals surface area contributed by atoms with Crippen LogP contribution >= 0.6 is 0 Å². The van der Waals surface area contributed by atoms with E-state index in [1.807, 2.05) is 0 Å². The number of halogens is 3. The van der Waals surface area contributed by atoms with Crippen LogP contribution in [0.2, 0.25) is 0 Å². The average molecular weight is 154 g/mol. The third kappa shape index (κ3) is 5.62. The summed E-state index contributed by atoms with van der Waals surface area (Å²) >= 11 is 0. The lowest BCUT2D eigenvalue weighted by molar-refractivity contribution is -0.138. The van der Waals surface area contributed by atoms with Crippen molar-refractivity contribution in [2.45, 2.75) is 25.1 Å². The van der Waals surface area contributed by atoms with Crippen molar-refractivity contribution < 1.29 is 18.3 Å². The summed E-state index contributed by atoms with van der Waals surface area (Å²) in [6, 6.07) is 0. The fourth-order valence-electron chi connectivity index (χ4n) is 0.429. The molecule has 1 atom stereocenters. The molecule has 1 N–H and O–H groups in total. The number of aliphatic hydroxyl groups is 1. The molecule has 0 spiro atoms. The third-order valence-electron chi connectivity index (χ3n) is 0.996. The van der Waals surface area contributed by atoms with Crippen molar-refractivity contribution in [2.24, 2.45) is 0 Å². The molecule has 0 saturated carbocycles. The highest BCUT2D eigenvalue weighted by Gasteiger charge is 2.27. The number of hydrogen-bond acceptors (Lipinski definition) is 1. The Morgan fingerprint density at radius 3 is 2.30 bits per heavy atom. The van der Waals surface area contributed by atoms with Crippen molar-refractivity contribution in [3.63, 3.8) is 0 Å². The zero-order chi connectivity index (χ0) is 8.20. The van der Waals surface area contributed by atoms with Gasteiger partial charge in [0.05, 0.1) is 6.10 Å². The fourth-order valence-corrected chi connectivity index (χ4v) is 0.429. The van der Waals surface area contributed by atoms with E-state index in [0.717, 1.165) is 6.08 Å². The maximum atomic E-state index is 11.4. The van der Waals surface area contributed by atoms with Gasteiger partial charge in [-0.25, -0.2) is 0 Å². The van der Waals surface area contributed by atoms with Crippen molar-refractivity contribution >= 4 is 0 Å². The maximum Gasteiger partial charge on any atom is 0.389 e. The normalized spacial score (nSPS) is 14.8. The van der Waals surface area contributed by atoms with Gasteiger partial charge in [-0.3, -0.25) is 0 Å². The Bertz CT molecular complexity index is 108. The molecule has 0 fully saturated rings. The molecule has 0 bridgehead atoms. The highest BCUT2D eigenvalue weighted by molar-refractivity contribution is 4.78. The fraction of sp³-hybridized carbons (Fsp3) is 0.667. The molecular formula is C6H9F3O. The van der Waals surface area contributed by atoms with Gasteiger partial charge in [0, 0.05) is 6.42 Å². The van der Waals surface area contributed by atoms with Crippen molar-refractivity contribution in [3.05, 3.63) is 12.7 Å². The summed E-state index contributed by atoms with van der Waals surface area (Å²) in [5, 5.41) is 8.60. The molecule has 10 heavy (non-hydrogen) atoms. The summed E-state index contributed by atoms with van der Waals surface area (Å²) in [6.07, 6.45) is -5.38. The van der Waals surface area contributed by atoms with Crippen LogP contribution in [-0.2, 0) is 0 Å². The van der Waals surface area contributed by atoms with Crippen molar-refractivity contribution in [3.8, 4) is 0 Å². The Kier molecular flexibility index (Phi) is 3.42. The molecule has 0 amide bonds. The van der Waals surface area contributed by atoms with Crippen LogP contribution in [0.5, 0.6) is 0 Å². The van der Waals surface area contributed by atoms with Gasteiger partial charge < -0.3 is 5.11 Å². The van der Waals surface area contributed by atoms with Crippen molar-refractivity contribution in [1.82, 2.24) is 0 Å². The van der Waals surface area contributed by atoms with Crippen LogP contribution in [0.3, 0.4) is 0 Å². The number of rotatable bonds is 3. The van der Waals surface area contributed by atoms with Crippen LogP contribution in [0.1, 0.15) is 12.8 Å². The lowest BCUT2D eigenvalue weighted by atomic mass is 10.2. The van der Waals surface area contributed by atoms with Gasteiger partial charge >= 0.3 is 6.18 Å². The summed E-state index contributed by atoms with van der Waals surface area (Å²) in [5.74, 6) is 0. The van der Waals surface area contributed by atoms with E-state index in [1.165, 1.54) is 0 Å². The van der Waals surface area contributed by atoms with Gasteiger partial charge in [-0.15, -0.1) is 6.58 Å². The summed E-state index contributed by atoms with van der Waals surface area (Å²) in [6.45, 7) is 3.14. The number of aliphatic hydroxyl groups excluding tert-OH is 1. The standard InChI is InChI=1S/C6H9F3O/c1-2-5(10)3-4-6(7,8)9/h2,5,10H,1,3-4H2. The Balaban J connectivity index is 3.45. The smallest absolute Gasteiger partial charge is 0.389 e. The molecule has 1 unspecified atom stereocenters. The van der Waals surface area contributed by atoms with Crippen LogP contribution in [0, 0.1) is 0 Å². The topological polar surface area (TPSA) is 20.2 Å². The second kappa shape index (κ2) is 3.61. The van der Waals surface area contributed by atoms with Gasteiger partial charge in [0.2, 0.25) is 0 Å². The highest BCUT2D eigenvalue weighted by Crippen LogP contribution is 2.22. The minimum absolute atomic E-state index is 0.299. The molecule has 0 aliphatic rings. The molecule has 0 rings (SSSR count). The van der Waals surface area contributed by atoms with Crippen molar-refractivity contribution in [1.29, 1.82) is 0 Å². The Morgan fingerprint density at radius 2 is 2.00 bits per heavy atom. The quantitative estimate of drug-likeness (QED) is 0.615. The Labute approximate surface area is 57.2 Å². The molecule has 4 heteroatoms. The van der Waals surface area contributed by atoms with E-state index >= 15 is 0 Å². The Morgan fingerprint density at radius 1 is 1.50 bits per heavy atom. The van der Waals surface area contributed by atoms with E-state index in [2.05, 4.69) is 6.58 Å². The summed E-state index contributed by atoms with van der Waals surface area (Å²) in [7, 11) is 0. The predicted molar refractivity (Wildman–Crippen MR) is 31.5 cm³/mol. The highest BCUT2D eigenvalue weighted by atomic mass is 19.4. The molecule has 1 nitrogen and oxygen atoms in total. The zero-order valence-corrected chi connectivity index (χ0v) is 5.36. The monoisotopic (exact) mass is 154 g/mol. The van der Waals surface area contributed by atoms with Crippen LogP contribution in [0.4, 0.5) is 13.2 Å². The van der Waals surface area contributed by atoms with Gasteiger partial charge in [0.25, 0.3) is 0 Å². The minimum Gasteiger partial charge on any atom is -0.389 e. The first-order valence-electron chi connectivity index (χ1n) is 2.83. The average Bonchev–Trinajstić information content (AvgIpc) is 1.81. The van der Waals surface area contributed by atoms with Gasteiger partial charge in [0.1, 0.15) is 0 Å². The number of hydrogen-bond donors (Lipinski definition) is 1. The van der Waals surface area contributed by atoms with Crippen LogP contribution < -0.4 is 0 Å². The first-order valence-corrected chi connectivity index (χ1v) is 2.83. The maximum absolute atomic E-state index is 11.4. The van der Waals surface area contributed by atoms with Crippen LogP contribution in [0.25, 0.3) is 0 Å². The zero-order valence-electron chi connectivity index (χ0n) is 5.36. The van der Waals surface area contributed by atoms with Crippen molar-refractivity contribution in [2.75, 3.05) is 0 Å². The molecule has 0 radical (unpaired) electrons. The Hall–Kier alpha value is -0.510. The first-order chi connectivity index (χ1) is 4.45. The molecular weight excluding hydrogens is 145 g/mol. The predicted octanol–water partition coefficient (Wildman–Crippen LogP) is 1.88. The summed E-state index contributed by atoms with van der Waals surface area (Å²) < 4.78 is 34.2. The van der Waals surface area contributed by atoms with Crippen LogP contribution in [0.15, 0.2) is 12.7 Å². The molecule has 60 valence electrons. The number of alkyl halides is 3. The summed E-state index contributed by atoms with van der Waals surface area (Å²) in [5.41, 5.74) is 0. The second-order valence-corrected chi connectivity index (χ2v) is 1.96. The summed E-state index contributed by atoms with van der Waals surface area (Å²) in [4.78, 5) is 0. The third-order valence-corrected chi connectivity index (χ3v) is 0.996. The first kappa shape index (κ1) is 9.49. The molecule has 0 aliphatic heterocycles. The van der Waals surface area contributed by atoms with Crippen LogP contribution in [-0.4, -0.2) is 17.4 Å². The molecule has 0 aromatic rings. The molecule has 0 saturated heterocycles. The van der Waals surface area contributed by atoms with Gasteiger partial charge in [-0.05, 0) is 6.42 Å². The minimum atomic E-state index is -4.18. The largest absolute Gasteiger partial charge is 0.389 e.